The standard InChI is InChI=1S/C12H11FN2O2/c1-15-3-2-11(14-15)9-4-8(6-12(16)17)5-10(13)7-9/h2-5,7H,6H2,1H3,(H,16,17). The Morgan fingerprint density at radius 2 is 2.24 bits per heavy atom. The van der Waals surface area contributed by atoms with Crippen LogP contribution in [0.4, 0.5) is 4.39 Å². The molecule has 5 heteroatoms. The molecule has 0 unspecified atom stereocenters. The van der Waals surface area contributed by atoms with Gasteiger partial charge in [0.15, 0.2) is 0 Å². The van der Waals surface area contributed by atoms with Gasteiger partial charge in [0, 0.05) is 18.8 Å². The first-order valence-electron chi connectivity index (χ1n) is 5.06. The first-order chi connectivity index (χ1) is 8.04. The van der Waals surface area contributed by atoms with Crippen LogP contribution in [0.15, 0.2) is 30.5 Å². The highest BCUT2D eigenvalue weighted by atomic mass is 19.1. The van der Waals surface area contributed by atoms with Crippen LogP contribution in [-0.4, -0.2) is 20.9 Å². The van der Waals surface area contributed by atoms with Crippen molar-refractivity contribution in [1.29, 1.82) is 0 Å². The zero-order chi connectivity index (χ0) is 12.4. The highest BCUT2D eigenvalue weighted by Gasteiger charge is 2.08. The van der Waals surface area contributed by atoms with Gasteiger partial charge in [-0.3, -0.25) is 9.48 Å². The van der Waals surface area contributed by atoms with Crippen molar-refractivity contribution in [3.05, 3.63) is 41.8 Å². The molecule has 17 heavy (non-hydrogen) atoms. The van der Waals surface area contributed by atoms with Crippen molar-refractivity contribution in [2.45, 2.75) is 6.42 Å². The predicted octanol–water partition coefficient (Wildman–Crippen LogP) is 1.85. The highest BCUT2D eigenvalue weighted by Crippen LogP contribution is 2.20. The maximum Gasteiger partial charge on any atom is 0.307 e. The van der Waals surface area contributed by atoms with Crippen molar-refractivity contribution >= 4 is 5.97 Å². The Labute approximate surface area is 97.3 Å². The fourth-order valence-corrected chi connectivity index (χ4v) is 1.64. The van der Waals surface area contributed by atoms with Crippen LogP contribution >= 0.6 is 0 Å². The Kier molecular flexibility index (Phi) is 2.91. The zero-order valence-corrected chi connectivity index (χ0v) is 9.22. The third kappa shape index (κ3) is 2.69. The van der Waals surface area contributed by atoms with Crippen molar-refractivity contribution in [2.75, 3.05) is 0 Å². The van der Waals surface area contributed by atoms with Crippen molar-refractivity contribution < 1.29 is 14.3 Å². The van der Waals surface area contributed by atoms with E-state index in [-0.39, 0.29) is 6.42 Å². The van der Waals surface area contributed by atoms with E-state index in [0.29, 0.717) is 16.8 Å². The SMILES string of the molecule is Cn1ccc(-c2cc(F)cc(CC(=O)O)c2)n1. The number of benzene rings is 1. The van der Waals surface area contributed by atoms with E-state index in [1.54, 1.807) is 30.1 Å². The van der Waals surface area contributed by atoms with E-state index < -0.39 is 11.8 Å². The van der Waals surface area contributed by atoms with Crippen molar-refractivity contribution in [1.82, 2.24) is 9.78 Å². The summed E-state index contributed by atoms with van der Waals surface area (Å²) in [5, 5.41) is 12.8. The molecule has 0 aliphatic carbocycles. The lowest BCUT2D eigenvalue weighted by Crippen LogP contribution is -2.01. The van der Waals surface area contributed by atoms with E-state index in [4.69, 9.17) is 5.11 Å². The molecule has 2 rings (SSSR count). The maximum absolute atomic E-state index is 13.3. The normalized spacial score (nSPS) is 10.5. The second kappa shape index (κ2) is 4.37. The number of carbonyl (C=O) groups is 1. The van der Waals surface area contributed by atoms with E-state index in [2.05, 4.69) is 5.10 Å². The Morgan fingerprint density at radius 1 is 1.47 bits per heavy atom. The summed E-state index contributed by atoms with van der Waals surface area (Å²) < 4.78 is 15.0. The number of carboxylic acid groups (broad SMARTS) is 1. The van der Waals surface area contributed by atoms with Gasteiger partial charge in [-0.15, -0.1) is 0 Å². The van der Waals surface area contributed by atoms with Gasteiger partial charge in [-0.1, -0.05) is 0 Å². The van der Waals surface area contributed by atoms with E-state index >= 15 is 0 Å². The molecule has 0 amide bonds. The molecule has 1 aromatic carbocycles. The molecule has 1 heterocycles. The van der Waals surface area contributed by atoms with E-state index in [1.165, 1.54) is 12.1 Å². The molecule has 0 aliphatic heterocycles. The van der Waals surface area contributed by atoms with Gasteiger partial charge in [-0.25, -0.2) is 4.39 Å². The lowest BCUT2D eigenvalue weighted by Gasteiger charge is -2.02. The quantitative estimate of drug-likeness (QED) is 0.881. The molecule has 0 fully saturated rings. The second-order valence-corrected chi connectivity index (χ2v) is 3.79. The number of aromatic nitrogens is 2. The van der Waals surface area contributed by atoms with E-state index in [1.807, 2.05) is 0 Å². The first-order valence-corrected chi connectivity index (χ1v) is 5.06. The number of aryl methyl sites for hydroxylation is 1. The van der Waals surface area contributed by atoms with Crippen LogP contribution in [0.2, 0.25) is 0 Å². The zero-order valence-electron chi connectivity index (χ0n) is 9.22. The number of hydrogen-bond donors (Lipinski definition) is 1. The molecule has 1 N–H and O–H groups in total. The molecule has 0 atom stereocenters. The van der Waals surface area contributed by atoms with Crippen LogP contribution < -0.4 is 0 Å². The van der Waals surface area contributed by atoms with Crippen molar-refractivity contribution in [3.8, 4) is 11.3 Å². The average Bonchev–Trinajstić information content (AvgIpc) is 2.62. The molecule has 0 spiro atoms. The number of halogens is 1. The van der Waals surface area contributed by atoms with Crippen LogP contribution in [0.5, 0.6) is 0 Å². The van der Waals surface area contributed by atoms with Gasteiger partial charge in [0.1, 0.15) is 5.82 Å². The van der Waals surface area contributed by atoms with Gasteiger partial charge in [0.25, 0.3) is 0 Å². The Hall–Kier alpha value is -2.17. The molecular weight excluding hydrogens is 223 g/mol. The number of hydrogen-bond acceptors (Lipinski definition) is 2. The summed E-state index contributed by atoms with van der Waals surface area (Å²) in [7, 11) is 1.76. The molecule has 0 aliphatic rings. The minimum absolute atomic E-state index is 0.197. The molecule has 2 aromatic rings. The van der Waals surface area contributed by atoms with E-state index in [0.717, 1.165) is 0 Å². The van der Waals surface area contributed by atoms with Crippen molar-refractivity contribution in [3.63, 3.8) is 0 Å². The summed E-state index contributed by atoms with van der Waals surface area (Å²) in [6.07, 6.45) is 1.55. The third-order valence-electron chi connectivity index (χ3n) is 2.32. The molecule has 0 radical (unpaired) electrons. The molecule has 4 nitrogen and oxygen atoms in total. The smallest absolute Gasteiger partial charge is 0.307 e. The molecule has 0 bridgehead atoms. The van der Waals surface area contributed by atoms with E-state index in [9.17, 15) is 9.18 Å². The van der Waals surface area contributed by atoms with Gasteiger partial charge in [-0.2, -0.15) is 5.10 Å². The Morgan fingerprint density at radius 3 is 2.82 bits per heavy atom. The molecule has 0 saturated carbocycles. The lowest BCUT2D eigenvalue weighted by atomic mass is 10.1. The van der Waals surface area contributed by atoms with Gasteiger partial charge in [-0.05, 0) is 29.8 Å². The number of rotatable bonds is 3. The summed E-state index contributed by atoms with van der Waals surface area (Å²) in [6, 6.07) is 5.95. The summed E-state index contributed by atoms with van der Waals surface area (Å²) in [5.41, 5.74) is 1.64. The van der Waals surface area contributed by atoms with Gasteiger partial charge < -0.3 is 5.11 Å². The minimum atomic E-state index is -0.984. The minimum Gasteiger partial charge on any atom is -0.481 e. The highest BCUT2D eigenvalue weighted by molar-refractivity contribution is 5.71. The fourth-order valence-electron chi connectivity index (χ4n) is 1.64. The van der Waals surface area contributed by atoms with Crippen LogP contribution in [0.25, 0.3) is 11.3 Å². The van der Waals surface area contributed by atoms with Gasteiger partial charge >= 0.3 is 5.97 Å². The molecule has 0 saturated heterocycles. The molecule has 1 aromatic heterocycles. The van der Waals surface area contributed by atoms with Crippen LogP contribution in [-0.2, 0) is 18.3 Å². The number of carboxylic acids is 1. The largest absolute Gasteiger partial charge is 0.481 e. The second-order valence-electron chi connectivity index (χ2n) is 3.79. The Balaban J connectivity index is 2.41. The topological polar surface area (TPSA) is 55.1 Å². The third-order valence-corrected chi connectivity index (χ3v) is 2.32. The fraction of sp³-hybridized carbons (Fsp3) is 0.167. The monoisotopic (exact) mass is 234 g/mol. The molecular formula is C12H11FN2O2. The van der Waals surface area contributed by atoms with Crippen LogP contribution in [0.1, 0.15) is 5.56 Å². The summed E-state index contributed by atoms with van der Waals surface area (Å²) in [4.78, 5) is 10.6. The first kappa shape index (κ1) is 11.3. The maximum atomic E-state index is 13.3. The summed E-state index contributed by atoms with van der Waals surface area (Å²) in [5.74, 6) is -1.44. The van der Waals surface area contributed by atoms with Crippen LogP contribution in [0.3, 0.4) is 0 Å². The van der Waals surface area contributed by atoms with Gasteiger partial charge in [0.2, 0.25) is 0 Å². The van der Waals surface area contributed by atoms with Gasteiger partial charge in [0.05, 0.1) is 12.1 Å². The predicted molar refractivity (Wildman–Crippen MR) is 59.9 cm³/mol. The lowest BCUT2D eigenvalue weighted by molar-refractivity contribution is -0.136. The average molecular weight is 234 g/mol. The van der Waals surface area contributed by atoms with Crippen molar-refractivity contribution in [2.24, 2.45) is 7.05 Å². The van der Waals surface area contributed by atoms with Crippen LogP contribution in [0, 0.1) is 5.82 Å². The number of aliphatic carboxylic acids is 1. The summed E-state index contributed by atoms with van der Waals surface area (Å²) >= 11 is 0. The number of nitrogens with zero attached hydrogens (tertiary/aromatic N) is 2. The summed E-state index contributed by atoms with van der Waals surface area (Å²) in [6.45, 7) is 0. The molecule has 88 valence electrons. The Bertz CT molecular complexity index is 563.